The van der Waals surface area contributed by atoms with Crippen molar-refractivity contribution >= 4 is 28.9 Å². The van der Waals surface area contributed by atoms with Crippen molar-refractivity contribution in [1.82, 2.24) is 14.9 Å². The molecule has 2 aromatic heterocycles. The Hall–Kier alpha value is -2.15. The van der Waals surface area contributed by atoms with Crippen LogP contribution in [0.15, 0.2) is 47.3 Å². The lowest BCUT2D eigenvalue weighted by molar-refractivity contribution is -0.139. The zero-order valence-corrected chi connectivity index (χ0v) is 18.0. The van der Waals surface area contributed by atoms with Crippen LogP contribution >= 0.6 is 22.9 Å². The van der Waals surface area contributed by atoms with Gasteiger partial charge in [-0.05, 0) is 46.9 Å². The third-order valence-corrected chi connectivity index (χ3v) is 6.01. The molecule has 0 fully saturated rings. The first kappa shape index (κ1) is 21.6. The number of carbonyl (C=O) groups is 1. The maximum absolute atomic E-state index is 11.7. The van der Waals surface area contributed by atoms with E-state index in [9.17, 15) is 9.90 Å². The van der Waals surface area contributed by atoms with Crippen LogP contribution in [0.2, 0.25) is 5.02 Å². The summed E-state index contributed by atoms with van der Waals surface area (Å²) < 4.78 is 2.16. The molecule has 5 nitrogen and oxygen atoms in total. The molecule has 2 heterocycles. The van der Waals surface area contributed by atoms with E-state index in [1.165, 1.54) is 0 Å². The van der Waals surface area contributed by atoms with Gasteiger partial charge in [-0.2, -0.15) is 11.3 Å². The lowest BCUT2D eigenvalue weighted by Crippen LogP contribution is -2.38. The van der Waals surface area contributed by atoms with Gasteiger partial charge in [0, 0.05) is 24.2 Å². The van der Waals surface area contributed by atoms with E-state index in [-0.39, 0.29) is 0 Å². The standard InChI is InChI=1S/C22H26ClN3O2S/c1-2-3-8-21-25-13-18(26(21)14-17-6-4-5-7-19(17)23)12-24-20(22(27)28)11-16-9-10-29-15-16/h4-7,9-10,13,15,20,24H,2-3,8,11-12,14H2,1H3,(H,27,28)/t20-/m0/s1. The molecular weight excluding hydrogens is 406 g/mol. The maximum atomic E-state index is 11.7. The van der Waals surface area contributed by atoms with Gasteiger partial charge in [-0.1, -0.05) is 43.1 Å². The molecule has 0 spiro atoms. The zero-order valence-electron chi connectivity index (χ0n) is 16.5. The quantitative estimate of drug-likeness (QED) is 0.458. The highest BCUT2D eigenvalue weighted by Gasteiger charge is 2.19. The monoisotopic (exact) mass is 431 g/mol. The first-order valence-corrected chi connectivity index (χ1v) is 11.1. The molecule has 29 heavy (non-hydrogen) atoms. The number of rotatable bonds is 11. The van der Waals surface area contributed by atoms with E-state index in [0.717, 1.165) is 46.9 Å². The molecule has 1 atom stereocenters. The van der Waals surface area contributed by atoms with Crippen molar-refractivity contribution < 1.29 is 9.90 Å². The number of aliphatic carboxylic acids is 1. The van der Waals surface area contributed by atoms with Crippen molar-refractivity contribution in [3.8, 4) is 0 Å². The largest absolute Gasteiger partial charge is 0.480 e. The van der Waals surface area contributed by atoms with Crippen molar-refractivity contribution in [3.63, 3.8) is 0 Å². The molecule has 0 aliphatic heterocycles. The van der Waals surface area contributed by atoms with Gasteiger partial charge in [-0.15, -0.1) is 0 Å². The summed E-state index contributed by atoms with van der Waals surface area (Å²) in [7, 11) is 0. The number of hydrogen-bond acceptors (Lipinski definition) is 4. The van der Waals surface area contributed by atoms with Crippen LogP contribution in [0.5, 0.6) is 0 Å². The number of imidazole rings is 1. The van der Waals surface area contributed by atoms with Crippen molar-refractivity contribution in [2.75, 3.05) is 0 Å². The average Bonchev–Trinajstić information content (AvgIpc) is 3.35. The molecular formula is C22H26ClN3O2S. The molecule has 3 aromatic rings. The first-order chi connectivity index (χ1) is 14.1. The maximum Gasteiger partial charge on any atom is 0.321 e. The van der Waals surface area contributed by atoms with Crippen LogP contribution in [0.25, 0.3) is 0 Å². The topological polar surface area (TPSA) is 67.2 Å². The van der Waals surface area contributed by atoms with Crippen LogP contribution in [0.4, 0.5) is 0 Å². The third-order valence-electron chi connectivity index (χ3n) is 4.91. The van der Waals surface area contributed by atoms with Crippen LogP contribution in [-0.4, -0.2) is 26.7 Å². The van der Waals surface area contributed by atoms with Crippen molar-refractivity contribution in [2.24, 2.45) is 0 Å². The summed E-state index contributed by atoms with van der Waals surface area (Å²) in [6.07, 6.45) is 5.34. The molecule has 2 N–H and O–H groups in total. The molecule has 0 amide bonds. The fourth-order valence-corrected chi connectivity index (χ4v) is 4.12. The van der Waals surface area contributed by atoms with E-state index in [2.05, 4.69) is 21.8 Å². The van der Waals surface area contributed by atoms with E-state index in [4.69, 9.17) is 11.6 Å². The Morgan fingerprint density at radius 1 is 1.34 bits per heavy atom. The van der Waals surface area contributed by atoms with Gasteiger partial charge in [0.2, 0.25) is 0 Å². The van der Waals surface area contributed by atoms with E-state index >= 15 is 0 Å². The molecule has 3 rings (SSSR count). The number of benzene rings is 1. The molecule has 7 heteroatoms. The summed E-state index contributed by atoms with van der Waals surface area (Å²) in [6, 6.07) is 9.11. The normalized spacial score (nSPS) is 12.2. The molecule has 1 aromatic carbocycles. The van der Waals surface area contributed by atoms with Crippen molar-refractivity contribution in [1.29, 1.82) is 0 Å². The molecule has 0 saturated heterocycles. The number of aryl methyl sites for hydroxylation is 1. The lowest BCUT2D eigenvalue weighted by Gasteiger charge is -2.17. The first-order valence-electron chi connectivity index (χ1n) is 9.82. The van der Waals surface area contributed by atoms with Gasteiger partial charge in [0.1, 0.15) is 11.9 Å². The molecule has 0 radical (unpaired) electrons. The van der Waals surface area contributed by atoms with E-state index in [1.807, 2.05) is 47.3 Å². The van der Waals surface area contributed by atoms with Crippen molar-refractivity contribution in [3.05, 3.63) is 75.0 Å². The average molecular weight is 432 g/mol. The summed E-state index contributed by atoms with van der Waals surface area (Å²) in [4.78, 5) is 16.3. The molecule has 0 unspecified atom stereocenters. The second kappa shape index (κ2) is 10.6. The molecule has 154 valence electrons. The second-order valence-electron chi connectivity index (χ2n) is 7.05. The number of halogens is 1. The fourth-order valence-electron chi connectivity index (χ4n) is 3.24. The Morgan fingerprint density at radius 2 is 2.17 bits per heavy atom. The van der Waals surface area contributed by atoms with Crippen LogP contribution in [0, 0.1) is 0 Å². The number of thiophene rings is 1. The zero-order chi connectivity index (χ0) is 20.6. The second-order valence-corrected chi connectivity index (χ2v) is 8.24. The molecule has 0 saturated carbocycles. The Kier molecular flexibility index (Phi) is 7.86. The van der Waals surface area contributed by atoms with Crippen LogP contribution < -0.4 is 5.32 Å². The number of carboxylic acid groups (broad SMARTS) is 1. The van der Waals surface area contributed by atoms with Gasteiger partial charge in [-0.25, -0.2) is 4.98 Å². The summed E-state index contributed by atoms with van der Waals surface area (Å²) in [5.74, 6) is 0.160. The number of carboxylic acids is 1. The number of hydrogen-bond donors (Lipinski definition) is 2. The van der Waals surface area contributed by atoms with E-state index in [0.29, 0.717) is 19.5 Å². The lowest BCUT2D eigenvalue weighted by atomic mass is 10.1. The highest BCUT2D eigenvalue weighted by Crippen LogP contribution is 2.19. The molecule has 0 bridgehead atoms. The van der Waals surface area contributed by atoms with E-state index in [1.54, 1.807) is 11.3 Å². The van der Waals surface area contributed by atoms with Gasteiger partial charge in [0.05, 0.1) is 12.2 Å². The van der Waals surface area contributed by atoms with Crippen LogP contribution in [-0.2, 0) is 30.7 Å². The summed E-state index contributed by atoms with van der Waals surface area (Å²) >= 11 is 7.95. The smallest absolute Gasteiger partial charge is 0.321 e. The Balaban J connectivity index is 1.77. The summed E-state index contributed by atoms with van der Waals surface area (Å²) in [5.41, 5.74) is 3.02. The highest BCUT2D eigenvalue weighted by molar-refractivity contribution is 7.07. The highest BCUT2D eigenvalue weighted by atomic mass is 35.5. The van der Waals surface area contributed by atoms with Gasteiger partial charge >= 0.3 is 5.97 Å². The van der Waals surface area contributed by atoms with E-state index < -0.39 is 12.0 Å². The Labute approximate surface area is 180 Å². The predicted molar refractivity (Wildman–Crippen MR) is 118 cm³/mol. The van der Waals surface area contributed by atoms with Crippen LogP contribution in [0.3, 0.4) is 0 Å². The molecule has 0 aliphatic rings. The fraction of sp³-hybridized carbons (Fsp3) is 0.364. The van der Waals surface area contributed by atoms with Gasteiger partial charge in [0.25, 0.3) is 0 Å². The summed E-state index contributed by atoms with van der Waals surface area (Å²) in [5, 5.41) is 17.5. The minimum absolute atomic E-state index is 0.435. The van der Waals surface area contributed by atoms with Gasteiger partial charge in [-0.3, -0.25) is 10.1 Å². The Morgan fingerprint density at radius 3 is 2.86 bits per heavy atom. The van der Waals surface area contributed by atoms with Gasteiger partial charge in [0.15, 0.2) is 0 Å². The van der Waals surface area contributed by atoms with Gasteiger partial charge < -0.3 is 9.67 Å². The number of unbranched alkanes of at least 4 members (excludes halogenated alkanes) is 1. The third kappa shape index (κ3) is 5.92. The number of nitrogens with zero attached hydrogens (tertiary/aromatic N) is 2. The summed E-state index contributed by atoms with van der Waals surface area (Å²) in [6.45, 7) is 3.22. The SMILES string of the molecule is CCCCc1ncc(CN[C@@H](Cc2ccsc2)C(=O)O)n1Cc1ccccc1Cl. The Bertz CT molecular complexity index is 924. The van der Waals surface area contributed by atoms with Crippen LogP contribution in [0.1, 0.15) is 42.4 Å². The minimum Gasteiger partial charge on any atom is -0.480 e. The number of nitrogens with one attached hydrogen (secondary N) is 1. The molecule has 0 aliphatic carbocycles. The minimum atomic E-state index is -0.848. The predicted octanol–water partition coefficient (Wildman–Crippen LogP) is 4.77. The van der Waals surface area contributed by atoms with Crippen molar-refractivity contribution in [2.45, 2.75) is 51.7 Å². The number of aromatic nitrogens is 2.